The van der Waals surface area contributed by atoms with Crippen molar-refractivity contribution in [3.05, 3.63) is 63.6 Å². The van der Waals surface area contributed by atoms with Crippen molar-refractivity contribution in [3.63, 3.8) is 0 Å². The molecule has 0 bridgehead atoms. The van der Waals surface area contributed by atoms with E-state index < -0.39 is 22.0 Å². The zero-order valence-corrected chi connectivity index (χ0v) is 17.0. The number of halogens is 2. The van der Waals surface area contributed by atoms with Crippen molar-refractivity contribution >= 4 is 44.8 Å². The number of sulfonamides is 1. The highest BCUT2D eigenvalue weighted by molar-refractivity contribution is 7.92. The summed E-state index contributed by atoms with van der Waals surface area (Å²) < 4.78 is 25.6. The van der Waals surface area contributed by atoms with Gasteiger partial charge in [-0.05, 0) is 43.2 Å². The molecule has 0 aromatic heterocycles. The van der Waals surface area contributed by atoms with Crippen LogP contribution in [0.15, 0.2) is 42.5 Å². The van der Waals surface area contributed by atoms with Crippen molar-refractivity contribution in [2.75, 3.05) is 10.6 Å². The molecule has 140 valence electrons. The van der Waals surface area contributed by atoms with Gasteiger partial charge in [0.1, 0.15) is 6.04 Å². The summed E-state index contributed by atoms with van der Waals surface area (Å²) in [6, 6.07) is 11.0. The van der Waals surface area contributed by atoms with Gasteiger partial charge in [-0.3, -0.25) is 9.10 Å². The Morgan fingerprint density at radius 1 is 1.15 bits per heavy atom. The molecule has 2 aromatic carbocycles. The number of carbonyl (C=O) groups is 1. The van der Waals surface area contributed by atoms with Gasteiger partial charge in [-0.25, -0.2) is 8.42 Å². The second kappa shape index (κ2) is 8.29. The summed E-state index contributed by atoms with van der Waals surface area (Å²) in [6.45, 7) is 3.54. The molecule has 0 spiro atoms. The first kappa shape index (κ1) is 20.6. The van der Waals surface area contributed by atoms with Crippen molar-refractivity contribution in [3.8, 4) is 0 Å². The van der Waals surface area contributed by atoms with Gasteiger partial charge < -0.3 is 5.32 Å². The van der Waals surface area contributed by atoms with Gasteiger partial charge in [0, 0.05) is 16.6 Å². The maximum Gasteiger partial charge on any atom is 0.243 e. The minimum atomic E-state index is -3.70. The molecule has 2 rings (SSSR count). The highest BCUT2D eigenvalue weighted by atomic mass is 35.5. The molecule has 0 saturated heterocycles. The van der Waals surface area contributed by atoms with E-state index >= 15 is 0 Å². The molecule has 0 aliphatic rings. The largest absolute Gasteiger partial charge is 0.350 e. The summed E-state index contributed by atoms with van der Waals surface area (Å²) in [6.07, 6.45) is 1.05. The molecule has 0 aliphatic carbocycles. The van der Waals surface area contributed by atoms with E-state index in [1.54, 1.807) is 30.3 Å². The van der Waals surface area contributed by atoms with Gasteiger partial charge in [0.2, 0.25) is 15.9 Å². The lowest BCUT2D eigenvalue weighted by atomic mass is 10.2. The Balaban J connectivity index is 2.23. The van der Waals surface area contributed by atoms with E-state index in [1.807, 2.05) is 13.0 Å². The summed E-state index contributed by atoms with van der Waals surface area (Å²) in [5, 5.41) is 3.69. The molecule has 2 aromatic rings. The van der Waals surface area contributed by atoms with Crippen LogP contribution in [0.1, 0.15) is 18.1 Å². The van der Waals surface area contributed by atoms with Crippen LogP contribution in [0, 0.1) is 6.92 Å². The van der Waals surface area contributed by atoms with E-state index in [9.17, 15) is 13.2 Å². The highest BCUT2D eigenvalue weighted by Gasteiger charge is 2.29. The molecule has 0 radical (unpaired) electrons. The van der Waals surface area contributed by atoms with Crippen LogP contribution in [0.3, 0.4) is 0 Å². The molecule has 1 unspecified atom stereocenters. The average Bonchev–Trinajstić information content (AvgIpc) is 2.56. The first-order valence-electron chi connectivity index (χ1n) is 7.88. The Bertz CT molecular complexity index is 916. The van der Waals surface area contributed by atoms with Gasteiger partial charge in [0.05, 0.1) is 11.9 Å². The fourth-order valence-corrected chi connectivity index (χ4v) is 4.04. The van der Waals surface area contributed by atoms with Crippen LogP contribution < -0.4 is 9.62 Å². The number of carbonyl (C=O) groups excluding carboxylic acids is 1. The topological polar surface area (TPSA) is 66.5 Å². The number of nitrogens with zero attached hydrogens (tertiary/aromatic N) is 1. The number of nitrogens with one attached hydrogen (secondary N) is 1. The number of anilines is 1. The summed E-state index contributed by atoms with van der Waals surface area (Å²) >= 11 is 12.2. The maximum absolute atomic E-state index is 12.5. The summed E-state index contributed by atoms with van der Waals surface area (Å²) in [4.78, 5) is 12.5. The highest BCUT2D eigenvalue weighted by Crippen LogP contribution is 2.26. The third-order valence-electron chi connectivity index (χ3n) is 3.91. The number of amides is 1. The summed E-state index contributed by atoms with van der Waals surface area (Å²) in [7, 11) is -3.70. The van der Waals surface area contributed by atoms with Crippen LogP contribution in [0.4, 0.5) is 5.69 Å². The lowest BCUT2D eigenvalue weighted by molar-refractivity contribution is -0.122. The standard InChI is InChI=1S/C18H20Cl2N2O3S/c1-12-8-9-15(10-17(12)20)22(26(3,24)25)13(2)18(23)21-11-14-6-4-5-7-16(14)19/h4-10,13H,11H2,1-3H3,(H,21,23). The van der Waals surface area contributed by atoms with Crippen molar-refractivity contribution in [1.82, 2.24) is 5.32 Å². The molecule has 0 heterocycles. The van der Waals surface area contributed by atoms with E-state index in [-0.39, 0.29) is 6.54 Å². The molecule has 26 heavy (non-hydrogen) atoms. The molecular formula is C18H20Cl2N2O3S. The number of benzene rings is 2. The molecule has 1 atom stereocenters. The fourth-order valence-electron chi connectivity index (χ4n) is 2.50. The van der Waals surface area contributed by atoms with Crippen LogP contribution in [0.25, 0.3) is 0 Å². The van der Waals surface area contributed by atoms with Gasteiger partial charge in [-0.1, -0.05) is 47.5 Å². The van der Waals surface area contributed by atoms with Crippen LogP contribution in [-0.2, 0) is 21.4 Å². The number of aryl methyl sites for hydroxylation is 1. The normalized spacial score (nSPS) is 12.5. The van der Waals surface area contributed by atoms with Gasteiger partial charge in [-0.15, -0.1) is 0 Å². The zero-order chi connectivity index (χ0) is 19.5. The van der Waals surface area contributed by atoms with Gasteiger partial charge >= 0.3 is 0 Å². The minimum absolute atomic E-state index is 0.203. The summed E-state index contributed by atoms with van der Waals surface area (Å²) in [5.41, 5.74) is 1.90. The number of hydrogen-bond acceptors (Lipinski definition) is 3. The van der Waals surface area contributed by atoms with E-state index in [1.165, 1.54) is 13.0 Å². The molecule has 1 N–H and O–H groups in total. The quantitative estimate of drug-likeness (QED) is 0.781. The van der Waals surface area contributed by atoms with Crippen molar-refractivity contribution in [2.45, 2.75) is 26.4 Å². The molecule has 0 saturated carbocycles. The molecular weight excluding hydrogens is 395 g/mol. The summed E-state index contributed by atoms with van der Waals surface area (Å²) in [5.74, 6) is -0.438. The minimum Gasteiger partial charge on any atom is -0.350 e. The van der Waals surface area contributed by atoms with Crippen LogP contribution >= 0.6 is 23.2 Å². The lowest BCUT2D eigenvalue weighted by Gasteiger charge is -2.28. The molecule has 1 amide bonds. The number of hydrogen-bond donors (Lipinski definition) is 1. The second-order valence-electron chi connectivity index (χ2n) is 5.98. The predicted molar refractivity (Wildman–Crippen MR) is 106 cm³/mol. The van der Waals surface area contributed by atoms with Crippen LogP contribution in [-0.4, -0.2) is 26.6 Å². The molecule has 0 fully saturated rings. The Morgan fingerprint density at radius 3 is 2.38 bits per heavy atom. The van der Waals surface area contributed by atoms with E-state index in [0.717, 1.165) is 21.7 Å². The van der Waals surface area contributed by atoms with Gasteiger partial charge in [-0.2, -0.15) is 0 Å². The van der Waals surface area contributed by atoms with Crippen molar-refractivity contribution in [1.29, 1.82) is 0 Å². The third-order valence-corrected chi connectivity index (χ3v) is 5.93. The maximum atomic E-state index is 12.5. The Labute approximate surface area is 164 Å². The van der Waals surface area contributed by atoms with Crippen LogP contribution in [0.5, 0.6) is 0 Å². The Kier molecular flexibility index (Phi) is 6.55. The average molecular weight is 415 g/mol. The fraction of sp³-hybridized carbons (Fsp3) is 0.278. The first-order chi connectivity index (χ1) is 12.1. The zero-order valence-electron chi connectivity index (χ0n) is 14.7. The SMILES string of the molecule is Cc1ccc(N(C(C)C(=O)NCc2ccccc2Cl)S(C)(=O)=O)cc1Cl. The van der Waals surface area contributed by atoms with Crippen LogP contribution in [0.2, 0.25) is 10.0 Å². The molecule has 5 nitrogen and oxygen atoms in total. The first-order valence-corrected chi connectivity index (χ1v) is 10.5. The van der Waals surface area contributed by atoms with E-state index in [0.29, 0.717) is 15.7 Å². The monoisotopic (exact) mass is 414 g/mol. The number of rotatable bonds is 6. The second-order valence-corrected chi connectivity index (χ2v) is 8.65. The van der Waals surface area contributed by atoms with Gasteiger partial charge in [0.25, 0.3) is 0 Å². The predicted octanol–water partition coefficient (Wildman–Crippen LogP) is 3.77. The smallest absolute Gasteiger partial charge is 0.243 e. The third kappa shape index (κ3) is 4.90. The molecule has 0 aliphatic heterocycles. The van der Waals surface area contributed by atoms with Crippen molar-refractivity contribution in [2.24, 2.45) is 0 Å². The van der Waals surface area contributed by atoms with Crippen molar-refractivity contribution < 1.29 is 13.2 Å². The lowest BCUT2D eigenvalue weighted by Crippen LogP contribution is -2.47. The van der Waals surface area contributed by atoms with Gasteiger partial charge in [0.15, 0.2) is 0 Å². The Hall–Kier alpha value is -1.76. The van der Waals surface area contributed by atoms with E-state index in [2.05, 4.69) is 5.32 Å². The molecule has 8 heteroatoms. The van der Waals surface area contributed by atoms with E-state index in [4.69, 9.17) is 23.2 Å². The Morgan fingerprint density at radius 2 is 1.81 bits per heavy atom.